The van der Waals surface area contributed by atoms with Gasteiger partial charge in [0.15, 0.2) is 0 Å². The molecule has 0 saturated carbocycles. The summed E-state index contributed by atoms with van der Waals surface area (Å²) in [6.07, 6.45) is 2.67. The number of carbonyl (C=O) groups excluding carboxylic acids is 3. The summed E-state index contributed by atoms with van der Waals surface area (Å²) in [5, 5.41) is 19.9. The molecule has 30 heavy (non-hydrogen) atoms. The highest BCUT2D eigenvalue weighted by molar-refractivity contribution is 6.05. The average Bonchev–Trinajstić information content (AvgIpc) is 3.06. The molecule has 0 spiro atoms. The summed E-state index contributed by atoms with van der Waals surface area (Å²) in [7, 11) is 0. The summed E-state index contributed by atoms with van der Waals surface area (Å²) in [6.45, 7) is 4.96. The molecule has 3 atom stereocenters. The van der Waals surface area contributed by atoms with E-state index >= 15 is 0 Å². The van der Waals surface area contributed by atoms with E-state index in [9.17, 15) is 19.5 Å². The largest absolute Gasteiger partial charge is 0.389 e. The molecule has 3 aliphatic heterocycles. The standard InChI is InChI=1S/C22H30N4O4/c1-22(30,16-6-3-9-23-11-16)13-24-10-14-4-2-5-15-12-26(21(29)19(14)15)17-7-8-18(27)25-20(17)28/h2,4-5,16-17,23-24,30H,3,6-13H2,1H3,(H,25,27,28). The van der Waals surface area contributed by atoms with Crippen molar-refractivity contribution in [2.45, 2.75) is 57.3 Å². The van der Waals surface area contributed by atoms with Crippen LogP contribution in [0.15, 0.2) is 18.2 Å². The zero-order chi connectivity index (χ0) is 21.3. The predicted octanol–water partition coefficient (Wildman–Crippen LogP) is 0.288. The smallest absolute Gasteiger partial charge is 0.255 e. The van der Waals surface area contributed by atoms with E-state index in [1.807, 2.05) is 25.1 Å². The lowest BCUT2D eigenvalue weighted by molar-refractivity contribution is -0.136. The Morgan fingerprint density at radius 3 is 2.83 bits per heavy atom. The number of rotatable bonds is 6. The number of nitrogens with one attached hydrogen (secondary N) is 3. The summed E-state index contributed by atoms with van der Waals surface area (Å²) in [5.41, 5.74) is 1.57. The monoisotopic (exact) mass is 414 g/mol. The molecular weight excluding hydrogens is 384 g/mol. The molecule has 8 heteroatoms. The number of piperidine rings is 2. The third-order valence-corrected chi connectivity index (χ3v) is 6.61. The first-order chi connectivity index (χ1) is 14.4. The SMILES string of the molecule is CC(O)(CNCc1cccc2c1C(=O)N(C1CCC(=O)NC1=O)C2)C1CCCNC1. The minimum Gasteiger partial charge on any atom is -0.389 e. The predicted molar refractivity (Wildman–Crippen MR) is 110 cm³/mol. The zero-order valence-electron chi connectivity index (χ0n) is 17.4. The number of nitrogens with zero attached hydrogens (tertiary/aromatic N) is 1. The van der Waals surface area contributed by atoms with E-state index < -0.39 is 17.6 Å². The van der Waals surface area contributed by atoms with Gasteiger partial charge < -0.3 is 20.6 Å². The second-order valence-corrected chi connectivity index (χ2v) is 8.86. The molecule has 2 fully saturated rings. The summed E-state index contributed by atoms with van der Waals surface area (Å²) in [4.78, 5) is 38.4. The first-order valence-electron chi connectivity index (χ1n) is 10.8. The first-order valence-corrected chi connectivity index (χ1v) is 10.8. The maximum atomic E-state index is 13.1. The van der Waals surface area contributed by atoms with Crippen molar-refractivity contribution < 1.29 is 19.5 Å². The Balaban J connectivity index is 1.42. The maximum absolute atomic E-state index is 13.1. The molecule has 3 unspecified atom stereocenters. The van der Waals surface area contributed by atoms with Gasteiger partial charge in [0, 0.05) is 44.1 Å². The molecule has 162 valence electrons. The zero-order valence-corrected chi connectivity index (χ0v) is 17.4. The molecule has 0 aliphatic carbocycles. The molecule has 0 radical (unpaired) electrons. The minimum absolute atomic E-state index is 0.167. The van der Waals surface area contributed by atoms with E-state index in [1.54, 1.807) is 4.90 Å². The summed E-state index contributed by atoms with van der Waals surface area (Å²) in [5.74, 6) is -0.653. The quantitative estimate of drug-likeness (QED) is 0.498. The van der Waals surface area contributed by atoms with Crippen LogP contribution in [0.5, 0.6) is 0 Å². The molecule has 4 N–H and O–H groups in total. The average molecular weight is 415 g/mol. The van der Waals surface area contributed by atoms with Gasteiger partial charge in [0.05, 0.1) is 5.60 Å². The number of amides is 3. The third-order valence-electron chi connectivity index (χ3n) is 6.61. The lowest BCUT2D eigenvalue weighted by Gasteiger charge is -2.36. The van der Waals surface area contributed by atoms with Crippen molar-refractivity contribution in [3.05, 3.63) is 34.9 Å². The Kier molecular flexibility index (Phi) is 5.90. The summed E-state index contributed by atoms with van der Waals surface area (Å²) >= 11 is 0. The van der Waals surface area contributed by atoms with Crippen molar-refractivity contribution >= 4 is 17.7 Å². The highest BCUT2D eigenvalue weighted by Gasteiger charge is 2.40. The van der Waals surface area contributed by atoms with Gasteiger partial charge in [0.2, 0.25) is 11.8 Å². The van der Waals surface area contributed by atoms with Crippen LogP contribution in [0.1, 0.15) is 54.1 Å². The van der Waals surface area contributed by atoms with Crippen molar-refractivity contribution in [2.75, 3.05) is 19.6 Å². The number of aliphatic hydroxyl groups is 1. The van der Waals surface area contributed by atoms with Crippen molar-refractivity contribution in [2.24, 2.45) is 5.92 Å². The highest BCUT2D eigenvalue weighted by atomic mass is 16.3. The van der Waals surface area contributed by atoms with Crippen LogP contribution in [0.2, 0.25) is 0 Å². The summed E-state index contributed by atoms with van der Waals surface area (Å²) in [6, 6.07) is 5.13. The van der Waals surface area contributed by atoms with Gasteiger partial charge in [-0.25, -0.2) is 0 Å². The fourth-order valence-electron chi connectivity index (χ4n) is 4.81. The lowest BCUT2D eigenvalue weighted by Crippen LogP contribution is -2.52. The molecule has 0 bridgehead atoms. The molecule has 3 amide bonds. The third kappa shape index (κ3) is 4.12. The van der Waals surface area contributed by atoms with E-state index in [-0.39, 0.29) is 24.2 Å². The molecule has 8 nitrogen and oxygen atoms in total. The molecule has 3 aliphatic rings. The maximum Gasteiger partial charge on any atom is 0.255 e. The van der Waals surface area contributed by atoms with Crippen molar-refractivity contribution in [1.82, 2.24) is 20.9 Å². The van der Waals surface area contributed by atoms with Crippen molar-refractivity contribution in [3.63, 3.8) is 0 Å². The number of imide groups is 1. The van der Waals surface area contributed by atoms with E-state index in [2.05, 4.69) is 16.0 Å². The van der Waals surface area contributed by atoms with Gasteiger partial charge in [-0.05, 0) is 43.9 Å². The number of hydrogen-bond acceptors (Lipinski definition) is 6. The van der Waals surface area contributed by atoms with Crippen LogP contribution in [0.25, 0.3) is 0 Å². The number of fused-ring (bicyclic) bond motifs is 1. The second kappa shape index (κ2) is 8.45. The van der Waals surface area contributed by atoms with E-state index in [1.165, 1.54) is 0 Å². The van der Waals surface area contributed by atoms with Gasteiger partial charge in [-0.15, -0.1) is 0 Å². The van der Waals surface area contributed by atoms with Gasteiger partial charge in [0.25, 0.3) is 5.91 Å². The number of benzene rings is 1. The fourth-order valence-corrected chi connectivity index (χ4v) is 4.81. The van der Waals surface area contributed by atoms with Crippen molar-refractivity contribution in [3.8, 4) is 0 Å². The lowest BCUT2D eigenvalue weighted by atomic mass is 9.83. The van der Waals surface area contributed by atoms with Gasteiger partial charge in [-0.1, -0.05) is 18.2 Å². The van der Waals surface area contributed by atoms with Crippen molar-refractivity contribution in [1.29, 1.82) is 0 Å². The Bertz CT molecular complexity index is 848. The number of carbonyl (C=O) groups is 3. The van der Waals surface area contributed by atoms with E-state index in [4.69, 9.17) is 0 Å². The molecule has 4 rings (SSSR count). The fraction of sp³-hybridized carbons (Fsp3) is 0.591. The Morgan fingerprint density at radius 1 is 1.27 bits per heavy atom. The van der Waals surface area contributed by atoms with Crippen LogP contribution in [0.3, 0.4) is 0 Å². The Labute approximate surface area is 176 Å². The topological polar surface area (TPSA) is 111 Å². The second-order valence-electron chi connectivity index (χ2n) is 8.86. The molecule has 0 aromatic heterocycles. The molecule has 2 saturated heterocycles. The molecular formula is C22H30N4O4. The first kappa shape index (κ1) is 21.0. The van der Waals surface area contributed by atoms with Gasteiger partial charge >= 0.3 is 0 Å². The van der Waals surface area contributed by atoms with Crippen LogP contribution < -0.4 is 16.0 Å². The molecule has 3 heterocycles. The van der Waals surface area contributed by atoms with E-state index in [0.717, 1.165) is 37.1 Å². The molecule has 1 aromatic rings. The van der Waals surface area contributed by atoms with Gasteiger partial charge in [0.1, 0.15) is 6.04 Å². The Morgan fingerprint density at radius 2 is 2.10 bits per heavy atom. The van der Waals surface area contributed by atoms with Crippen LogP contribution >= 0.6 is 0 Å². The van der Waals surface area contributed by atoms with Crippen LogP contribution in [0.4, 0.5) is 0 Å². The Hall–Kier alpha value is -2.29. The normalized spacial score (nSPS) is 26.3. The van der Waals surface area contributed by atoms with Gasteiger partial charge in [-0.3, -0.25) is 19.7 Å². The van der Waals surface area contributed by atoms with Gasteiger partial charge in [-0.2, -0.15) is 0 Å². The number of hydrogen-bond donors (Lipinski definition) is 4. The van der Waals surface area contributed by atoms with E-state index in [0.29, 0.717) is 31.6 Å². The van der Waals surface area contributed by atoms with Crippen LogP contribution in [-0.4, -0.2) is 59.0 Å². The van der Waals surface area contributed by atoms with Crippen LogP contribution in [0, 0.1) is 5.92 Å². The van der Waals surface area contributed by atoms with Crippen LogP contribution in [-0.2, 0) is 22.7 Å². The molecule has 1 aromatic carbocycles. The highest BCUT2D eigenvalue weighted by Crippen LogP contribution is 2.30. The summed E-state index contributed by atoms with van der Waals surface area (Å²) < 4.78 is 0. The minimum atomic E-state index is -0.825.